The van der Waals surface area contributed by atoms with Crippen molar-refractivity contribution in [2.75, 3.05) is 32.8 Å². The predicted octanol–water partition coefficient (Wildman–Crippen LogP) is 2.83. The minimum Gasteiger partial charge on any atom is -0.480 e. The van der Waals surface area contributed by atoms with Gasteiger partial charge in [-0.2, -0.15) is 0 Å². The van der Waals surface area contributed by atoms with Crippen LogP contribution in [0.2, 0.25) is 5.02 Å². The Morgan fingerprint density at radius 2 is 1.89 bits per heavy atom. The summed E-state index contributed by atoms with van der Waals surface area (Å²) in [7, 11) is 0. The van der Waals surface area contributed by atoms with E-state index in [1.54, 1.807) is 0 Å². The van der Waals surface area contributed by atoms with E-state index in [-0.39, 0.29) is 11.9 Å². The van der Waals surface area contributed by atoms with Gasteiger partial charge in [0, 0.05) is 31.1 Å². The first-order valence-corrected chi connectivity index (χ1v) is 9.68. The van der Waals surface area contributed by atoms with Crippen LogP contribution in [0.15, 0.2) is 48.5 Å². The molecule has 2 aromatic rings. The molecule has 1 fully saturated rings. The number of morpholine rings is 1. The fraction of sp³-hybridized carbons (Fsp3) is 0.381. The topological polar surface area (TPSA) is 50.8 Å². The maximum Gasteiger partial charge on any atom is 0.261 e. The first-order valence-electron chi connectivity index (χ1n) is 9.31. The number of nitrogens with one attached hydrogen (secondary N) is 1. The third-order valence-electron chi connectivity index (χ3n) is 5.16. The van der Waals surface area contributed by atoms with E-state index in [0.29, 0.717) is 31.2 Å². The first-order chi connectivity index (χ1) is 13.2. The molecule has 5 nitrogen and oxygen atoms in total. The van der Waals surface area contributed by atoms with Gasteiger partial charge in [0.25, 0.3) is 5.91 Å². The molecule has 0 bridgehead atoms. The molecule has 4 rings (SSSR count). The number of amides is 1. The van der Waals surface area contributed by atoms with E-state index < -0.39 is 6.10 Å². The van der Waals surface area contributed by atoms with Crippen molar-refractivity contribution in [1.29, 1.82) is 0 Å². The molecular weight excluding hydrogens is 364 g/mol. The van der Waals surface area contributed by atoms with Gasteiger partial charge in [-0.3, -0.25) is 9.69 Å². The van der Waals surface area contributed by atoms with Crippen molar-refractivity contribution in [3.8, 4) is 5.75 Å². The minimum atomic E-state index is -0.473. The van der Waals surface area contributed by atoms with E-state index in [2.05, 4.69) is 10.2 Å². The van der Waals surface area contributed by atoms with Crippen molar-refractivity contribution in [3.63, 3.8) is 0 Å². The highest BCUT2D eigenvalue weighted by Crippen LogP contribution is 2.30. The van der Waals surface area contributed by atoms with Crippen LogP contribution in [0.25, 0.3) is 0 Å². The summed E-state index contributed by atoms with van der Waals surface area (Å²) in [5.74, 6) is 0.713. The number of para-hydroxylation sites is 1. The molecule has 1 N–H and O–H groups in total. The Labute approximate surface area is 164 Å². The molecule has 0 spiro atoms. The van der Waals surface area contributed by atoms with Gasteiger partial charge in [0.15, 0.2) is 6.10 Å². The van der Waals surface area contributed by atoms with Crippen molar-refractivity contribution >= 4 is 17.5 Å². The Balaban J connectivity index is 1.44. The van der Waals surface area contributed by atoms with E-state index >= 15 is 0 Å². The van der Waals surface area contributed by atoms with Crippen LogP contribution in [0, 0.1) is 0 Å². The number of hydrogen-bond donors (Lipinski definition) is 1. The molecule has 0 unspecified atom stereocenters. The van der Waals surface area contributed by atoms with Gasteiger partial charge in [0.05, 0.1) is 19.3 Å². The van der Waals surface area contributed by atoms with E-state index in [4.69, 9.17) is 21.1 Å². The second-order valence-electron chi connectivity index (χ2n) is 6.85. The van der Waals surface area contributed by atoms with Gasteiger partial charge in [0.1, 0.15) is 5.75 Å². The number of benzene rings is 2. The number of carbonyl (C=O) groups excluding carboxylic acids is 1. The summed E-state index contributed by atoms with van der Waals surface area (Å²) in [4.78, 5) is 15.0. The average molecular weight is 387 g/mol. The zero-order valence-electron chi connectivity index (χ0n) is 15.1. The van der Waals surface area contributed by atoms with Crippen LogP contribution < -0.4 is 10.1 Å². The Morgan fingerprint density at radius 1 is 1.15 bits per heavy atom. The Kier molecular flexibility index (Phi) is 5.62. The summed E-state index contributed by atoms with van der Waals surface area (Å²) >= 11 is 6.45. The van der Waals surface area contributed by atoms with Crippen molar-refractivity contribution in [1.82, 2.24) is 10.2 Å². The van der Waals surface area contributed by atoms with E-state index in [1.165, 1.54) is 0 Å². The number of fused-ring (bicyclic) bond motifs is 1. The quantitative estimate of drug-likeness (QED) is 0.858. The molecule has 6 heteroatoms. The average Bonchev–Trinajstić information content (AvgIpc) is 3.14. The van der Waals surface area contributed by atoms with Gasteiger partial charge in [-0.1, -0.05) is 48.0 Å². The lowest BCUT2D eigenvalue weighted by Crippen LogP contribution is -2.46. The zero-order valence-corrected chi connectivity index (χ0v) is 15.8. The van der Waals surface area contributed by atoms with Gasteiger partial charge in [0.2, 0.25) is 0 Å². The van der Waals surface area contributed by atoms with Crippen molar-refractivity contribution in [2.24, 2.45) is 0 Å². The van der Waals surface area contributed by atoms with Crippen LogP contribution in [-0.2, 0) is 16.0 Å². The van der Waals surface area contributed by atoms with Crippen LogP contribution in [0.4, 0.5) is 0 Å². The minimum absolute atomic E-state index is 0.00956. The summed E-state index contributed by atoms with van der Waals surface area (Å²) < 4.78 is 11.3. The van der Waals surface area contributed by atoms with Crippen LogP contribution in [0.3, 0.4) is 0 Å². The molecule has 0 radical (unpaired) electrons. The van der Waals surface area contributed by atoms with Gasteiger partial charge in [-0.15, -0.1) is 0 Å². The van der Waals surface area contributed by atoms with Crippen LogP contribution in [0.5, 0.6) is 5.75 Å². The van der Waals surface area contributed by atoms with E-state index in [1.807, 2.05) is 48.5 Å². The number of hydrogen-bond acceptors (Lipinski definition) is 4. The van der Waals surface area contributed by atoms with E-state index in [0.717, 1.165) is 30.0 Å². The summed E-state index contributed by atoms with van der Waals surface area (Å²) in [5.41, 5.74) is 2.10. The lowest BCUT2D eigenvalue weighted by atomic mass is 10.0. The lowest BCUT2D eigenvalue weighted by Gasteiger charge is -2.35. The van der Waals surface area contributed by atoms with Crippen LogP contribution >= 0.6 is 11.6 Å². The maximum absolute atomic E-state index is 12.7. The smallest absolute Gasteiger partial charge is 0.261 e. The molecule has 0 saturated carbocycles. The normalized spacial score (nSPS) is 20.6. The molecule has 2 aromatic carbocycles. The molecule has 0 aromatic heterocycles. The second kappa shape index (κ2) is 8.30. The lowest BCUT2D eigenvalue weighted by molar-refractivity contribution is -0.127. The molecule has 2 aliphatic rings. The number of ether oxygens (including phenoxy) is 2. The molecule has 2 heterocycles. The predicted molar refractivity (Wildman–Crippen MR) is 104 cm³/mol. The van der Waals surface area contributed by atoms with Crippen molar-refractivity contribution in [3.05, 3.63) is 64.7 Å². The largest absolute Gasteiger partial charge is 0.480 e. The summed E-state index contributed by atoms with van der Waals surface area (Å²) in [6, 6.07) is 15.6. The van der Waals surface area contributed by atoms with Gasteiger partial charge in [-0.05, 0) is 23.3 Å². The van der Waals surface area contributed by atoms with Crippen molar-refractivity contribution in [2.45, 2.75) is 18.6 Å². The second-order valence-corrected chi connectivity index (χ2v) is 7.26. The maximum atomic E-state index is 12.7. The Hall–Kier alpha value is -2.08. The Bertz CT molecular complexity index is 783. The fourth-order valence-electron chi connectivity index (χ4n) is 3.71. The summed E-state index contributed by atoms with van der Waals surface area (Å²) in [6.45, 7) is 3.50. The number of rotatable bonds is 5. The third kappa shape index (κ3) is 4.10. The zero-order chi connectivity index (χ0) is 18.6. The van der Waals surface area contributed by atoms with Gasteiger partial charge < -0.3 is 14.8 Å². The first kappa shape index (κ1) is 18.3. The molecule has 27 heavy (non-hydrogen) atoms. The molecule has 2 aliphatic heterocycles. The van der Waals surface area contributed by atoms with Crippen molar-refractivity contribution < 1.29 is 14.3 Å². The highest BCUT2D eigenvalue weighted by molar-refractivity contribution is 6.31. The van der Waals surface area contributed by atoms with Gasteiger partial charge in [-0.25, -0.2) is 0 Å². The van der Waals surface area contributed by atoms with E-state index in [9.17, 15) is 4.79 Å². The molecular formula is C21H23ClN2O3. The SMILES string of the molecule is O=C(NC[C@H](c1ccccc1Cl)N1CCOCC1)[C@H]1Cc2ccccc2O1. The Morgan fingerprint density at radius 3 is 2.67 bits per heavy atom. The molecule has 142 valence electrons. The molecule has 1 amide bonds. The highest BCUT2D eigenvalue weighted by Gasteiger charge is 2.30. The number of carbonyl (C=O) groups is 1. The summed E-state index contributed by atoms with van der Waals surface area (Å²) in [5, 5.41) is 3.79. The van der Waals surface area contributed by atoms with Crippen LogP contribution in [0.1, 0.15) is 17.2 Å². The molecule has 1 saturated heterocycles. The monoisotopic (exact) mass is 386 g/mol. The van der Waals surface area contributed by atoms with Gasteiger partial charge >= 0.3 is 0 Å². The fourth-order valence-corrected chi connectivity index (χ4v) is 3.97. The standard InChI is InChI=1S/C21H23ClN2O3/c22-17-7-3-2-6-16(17)18(24-9-11-26-12-10-24)14-23-21(25)20-13-15-5-1-4-8-19(15)27-20/h1-8,18,20H,9-14H2,(H,23,25)/t18-,20-/m1/s1. The number of nitrogens with zero attached hydrogens (tertiary/aromatic N) is 1. The van der Waals surface area contributed by atoms with Crippen LogP contribution in [-0.4, -0.2) is 49.8 Å². The molecule has 2 atom stereocenters. The highest BCUT2D eigenvalue weighted by atomic mass is 35.5. The number of halogens is 1. The summed E-state index contributed by atoms with van der Waals surface area (Å²) in [6.07, 6.45) is 0.134. The third-order valence-corrected chi connectivity index (χ3v) is 5.50. The molecule has 0 aliphatic carbocycles.